The molecule has 6 nitrogen and oxygen atoms in total. The van der Waals surface area contributed by atoms with Gasteiger partial charge in [0.2, 0.25) is 10.0 Å². The number of fused-ring (bicyclic) bond motifs is 1. The van der Waals surface area contributed by atoms with Gasteiger partial charge in [0, 0.05) is 23.4 Å². The Hall–Kier alpha value is -2.26. The van der Waals surface area contributed by atoms with Crippen molar-refractivity contribution in [2.24, 2.45) is 5.73 Å². The second kappa shape index (κ2) is 7.77. The lowest BCUT2D eigenvalue weighted by molar-refractivity contribution is -0.00190. The molecule has 0 bridgehead atoms. The average Bonchev–Trinajstić information content (AvgIpc) is 3.07. The van der Waals surface area contributed by atoms with Crippen molar-refractivity contribution in [3.63, 3.8) is 0 Å². The number of rotatable bonds is 4. The van der Waals surface area contributed by atoms with Crippen molar-refractivity contribution in [2.75, 3.05) is 19.7 Å². The van der Waals surface area contributed by atoms with Gasteiger partial charge in [-0.1, -0.05) is 35.9 Å². The van der Waals surface area contributed by atoms with Crippen LogP contribution < -0.4 is 5.73 Å². The molecule has 0 saturated carbocycles. The van der Waals surface area contributed by atoms with Crippen molar-refractivity contribution in [2.45, 2.75) is 31.8 Å². The van der Waals surface area contributed by atoms with Crippen molar-refractivity contribution in [3.8, 4) is 0 Å². The van der Waals surface area contributed by atoms with Crippen LogP contribution in [0, 0.1) is 20.8 Å². The zero-order valence-corrected chi connectivity index (χ0v) is 18.8. The van der Waals surface area contributed by atoms with Gasteiger partial charge < -0.3 is 10.5 Å². The van der Waals surface area contributed by atoms with Gasteiger partial charge in [-0.3, -0.25) is 4.79 Å². The van der Waals surface area contributed by atoms with Gasteiger partial charge in [0.05, 0.1) is 22.5 Å². The Labute approximate surface area is 180 Å². The van der Waals surface area contributed by atoms with E-state index in [1.165, 1.54) is 15.6 Å². The summed E-state index contributed by atoms with van der Waals surface area (Å²) < 4.78 is 35.4. The standard InChI is InChI=1S/C22H24N2O4S2/c1-13-10-14(2)21(15(3)11-13)30(26,27)24-8-9-28-17(12-24)19-16-6-4-5-7-18(16)29-20(19)22(23)25/h4-7,10-11,17H,8-9,12H2,1-3H3,(H2,23,25). The lowest BCUT2D eigenvalue weighted by Crippen LogP contribution is -2.42. The van der Waals surface area contributed by atoms with Gasteiger partial charge in [-0.25, -0.2) is 8.42 Å². The van der Waals surface area contributed by atoms with Crippen LogP contribution in [0.3, 0.4) is 0 Å². The number of benzene rings is 2. The molecule has 1 saturated heterocycles. The fourth-order valence-corrected chi connectivity index (χ4v) is 7.23. The molecule has 1 unspecified atom stereocenters. The van der Waals surface area contributed by atoms with E-state index in [4.69, 9.17) is 10.5 Å². The summed E-state index contributed by atoms with van der Waals surface area (Å²) in [5.41, 5.74) is 8.80. The number of aryl methyl sites for hydroxylation is 3. The molecule has 0 spiro atoms. The van der Waals surface area contributed by atoms with Crippen molar-refractivity contribution >= 4 is 37.4 Å². The first kappa shape index (κ1) is 21.0. The van der Waals surface area contributed by atoms with Crippen LogP contribution in [0.5, 0.6) is 0 Å². The number of hydrogen-bond donors (Lipinski definition) is 1. The molecule has 2 N–H and O–H groups in total. The molecule has 0 radical (unpaired) electrons. The lowest BCUT2D eigenvalue weighted by Gasteiger charge is -2.33. The van der Waals surface area contributed by atoms with Crippen LogP contribution in [0.4, 0.5) is 0 Å². The smallest absolute Gasteiger partial charge is 0.259 e. The lowest BCUT2D eigenvalue weighted by atomic mass is 10.0. The van der Waals surface area contributed by atoms with Gasteiger partial charge in [-0.2, -0.15) is 4.31 Å². The summed E-state index contributed by atoms with van der Waals surface area (Å²) in [6.45, 7) is 6.24. The van der Waals surface area contributed by atoms with E-state index in [9.17, 15) is 13.2 Å². The molecule has 1 aromatic heterocycles. The minimum Gasteiger partial charge on any atom is -0.371 e. The van der Waals surface area contributed by atoms with Crippen LogP contribution in [0.1, 0.15) is 38.0 Å². The van der Waals surface area contributed by atoms with E-state index in [1.54, 1.807) is 0 Å². The van der Waals surface area contributed by atoms with Gasteiger partial charge in [0.1, 0.15) is 0 Å². The second-order valence-corrected chi connectivity index (χ2v) is 10.6. The molecule has 1 aliphatic rings. The molecule has 2 heterocycles. The largest absolute Gasteiger partial charge is 0.371 e. The van der Waals surface area contributed by atoms with E-state index in [0.29, 0.717) is 15.3 Å². The van der Waals surface area contributed by atoms with Crippen molar-refractivity contribution in [3.05, 3.63) is 63.5 Å². The molecule has 1 fully saturated rings. The first-order valence-electron chi connectivity index (χ1n) is 9.71. The summed E-state index contributed by atoms with van der Waals surface area (Å²) >= 11 is 1.31. The highest BCUT2D eigenvalue weighted by atomic mass is 32.2. The predicted octanol–water partition coefficient (Wildman–Crippen LogP) is 3.69. The Kier molecular flexibility index (Phi) is 5.44. The third-order valence-electron chi connectivity index (χ3n) is 5.41. The summed E-state index contributed by atoms with van der Waals surface area (Å²) in [6, 6.07) is 11.4. The molecule has 0 aliphatic carbocycles. The van der Waals surface area contributed by atoms with Crippen LogP contribution in [-0.2, 0) is 14.8 Å². The zero-order valence-electron chi connectivity index (χ0n) is 17.1. The summed E-state index contributed by atoms with van der Waals surface area (Å²) in [5, 5.41) is 0.878. The number of carbonyl (C=O) groups is 1. The van der Waals surface area contributed by atoms with Crippen molar-refractivity contribution < 1.29 is 17.9 Å². The average molecular weight is 445 g/mol. The van der Waals surface area contributed by atoms with Crippen LogP contribution in [-0.4, -0.2) is 38.3 Å². The number of ether oxygens (including phenoxy) is 1. The number of nitrogens with zero attached hydrogens (tertiary/aromatic N) is 1. The van der Waals surface area contributed by atoms with Crippen LogP contribution in [0.2, 0.25) is 0 Å². The van der Waals surface area contributed by atoms with Gasteiger partial charge in [-0.15, -0.1) is 11.3 Å². The molecule has 30 heavy (non-hydrogen) atoms. The minimum absolute atomic E-state index is 0.135. The topological polar surface area (TPSA) is 89.7 Å². The van der Waals surface area contributed by atoms with E-state index in [-0.39, 0.29) is 19.7 Å². The van der Waals surface area contributed by atoms with Crippen molar-refractivity contribution in [1.29, 1.82) is 0 Å². The van der Waals surface area contributed by atoms with Gasteiger partial charge in [0.25, 0.3) is 5.91 Å². The van der Waals surface area contributed by atoms with E-state index in [0.717, 1.165) is 26.8 Å². The third kappa shape index (κ3) is 3.54. The van der Waals surface area contributed by atoms with Crippen LogP contribution in [0.25, 0.3) is 10.1 Å². The van der Waals surface area contributed by atoms with Gasteiger partial charge in [-0.05, 0) is 43.4 Å². The number of carbonyl (C=O) groups excluding carboxylic acids is 1. The maximum Gasteiger partial charge on any atom is 0.259 e. The number of nitrogens with two attached hydrogens (primary N) is 1. The molecule has 1 amide bonds. The molecular formula is C22H24N2O4S2. The van der Waals surface area contributed by atoms with Gasteiger partial charge >= 0.3 is 0 Å². The Balaban J connectivity index is 1.76. The maximum absolute atomic E-state index is 13.5. The SMILES string of the molecule is Cc1cc(C)c(S(=O)(=O)N2CCOC(c3c(C(N)=O)sc4ccccc34)C2)c(C)c1. The zero-order chi connectivity index (χ0) is 21.6. The van der Waals surface area contributed by atoms with E-state index in [1.807, 2.05) is 57.2 Å². The number of thiophene rings is 1. The van der Waals surface area contributed by atoms with E-state index >= 15 is 0 Å². The fraction of sp³-hybridized carbons (Fsp3) is 0.318. The summed E-state index contributed by atoms with van der Waals surface area (Å²) in [4.78, 5) is 12.9. The van der Waals surface area contributed by atoms with Gasteiger partial charge in [0.15, 0.2) is 0 Å². The molecule has 1 atom stereocenters. The fourth-order valence-electron chi connectivity index (χ4n) is 4.29. The molecular weight excluding hydrogens is 420 g/mol. The first-order chi connectivity index (χ1) is 14.2. The first-order valence-corrected chi connectivity index (χ1v) is 12.0. The summed E-state index contributed by atoms with van der Waals surface area (Å²) in [6.07, 6.45) is -0.557. The third-order valence-corrected chi connectivity index (χ3v) is 8.78. The predicted molar refractivity (Wildman–Crippen MR) is 118 cm³/mol. The quantitative estimate of drug-likeness (QED) is 0.665. The number of primary amides is 1. The number of sulfonamides is 1. The highest BCUT2D eigenvalue weighted by Crippen LogP contribution is 2.39. The summed E-state index contributed by atoms with van der Waals surface area (Å²) in [7, 11) is -3.71. The number of morpholine rings is 1. The second-order valence-electron chi connectivity index (χ2n) is 7.66. The molecule has 2 aromatic carbocycles. The highest BCUT2D eigenvalue weighted by Gasteiger charge is 2.36. The Morgan fingerprint density at radius 2 is 1.83 bits per heavy atom. The maximum atomic E-state index is 13.5. The molecule has 1 aliphatic heterocycles. The Bertz CT molecular complexity index is 1220. The number of hydrogen-bond acceptors (Lipinski definition) is 5. The minimum atomic E-state index is -3.71. The normalized spacial score (nSPS) is 18.0. The molecule has 158 valence electrons. The van der Waals surface area contributed by atoms with Crippen LogP contribution >= 0.6 is 11.3 Å². The molecule has 4 rings (SSSR count). The Morgan fingerprint density at radius 1 is 1.17 bits per heavy atom. The number of amides is 1. The summed E-state index contributed by atoms with van der Waals surface area (Å²) in [5.74, 6) is -0.528. The van der Waals surface area contributed by atoms with Crippen LogP contribution in [0.15, 0.2) is 41.3 Å². The van der Waals surface area contributed by atoms with Crippen molar-refractivity contribution in [1.82, 2.24) is 4.31 Å². The molecule has 3 aromatic rings. The Morgan fingerprint density at radius 3 is 2.50 bits per heavy atom. The molecule has 8 heteroatoms. The van der Waals surface area contributed by atoms with E-state index in [2.05, 4.69) is 0 Å². The van der Waals surface area contributed by atoms with E-state index < -0.39 is 22.0 Å². The monoisotopic (exact) mass is 444 g/mol. The highest BCUT2D eigenvalue weighted by molar-refractivity contribution is 7.89.